The van der Waals surface area contributed by atoms with E-state index in [1.807, 2.05) is 30.3 Å². The molecule has 2 heterocycles. The lowest BCUT2D eigenvalue weighted by Gasteiger charge is -2.04. The zero-order valence-electron chi connectivity index (χ0n) is 8.72. The van der Waals surface area contributed by atoms with E-state index in [4.69, 9.17) is 0 Å². The first-order valence-corrected chi connectivity index (χ1v) is 5.87. The summed E-state index contributed by atoms with van der Waals surface area (Å²) in [6, 6.07) is 11.2. The van der Waals surface area contributed by atoms with Gasteiger partial charge >= 0.3 is 0 Å². The molecule has 0 unspecified atom stereocenters. The molecule has 0 aliphatic heterocycles. The first kappa shape index (κ1) is 10.3. The van der Waals surface area contributed by atoms with Gasteiger partial charge in [0.05, 0.1) is 16.4 Å². The summed E-state index contributed by atoms with van der Waals surface area (Å²) in [5.41, 5.74) is 2.25. The van der Waals surface area contributed by atoms with Crippen LogP contribution < -0.4 is 5.56 Å². The van der Waals surface area contributed by atoms with Crippen molar-refractivity contribution < 1.29 is 0 Å². The number of benzene rings is 1. The molecule has 0 saturated carbocycles. The number of aromatic amines is 1. The van der Waals surface area contributed by atoms with Crippen LogP contribution >= 0.6 is 15.9 Å². The third kappa shape index (κ3) is 1.68. The van der Waals surface area contributed by atoms with Gasteiger partial charge in [-0.15, -0.1) is 0 Å². The van der Waals surface area contributed by atoms with Crippen LogP contribution in [-0.4, -0.2) is 14.6 Å². The molecular weight excluding hydrogens is 282 g/mol. The Kier molecular flexibility index (Phi) is 2.33. The van der Waals surface area contributed by atoms with Crippen molar-refractivity contribution in [1.29, 1.82) is 0 Å². The molecule has 0 amide bonds. The normalized spacial score (nSPS) is 10.9. The second kappa shape index (κ2) is 3.85. The molecule has 0 bridgehead atoms. The maximum atomic E-state index is 11.6. The largest absolute Gasteiger partial charge is 0.306 e. The van der Waals surface area contributed by atoms with Crippen LogP contribution in [0.15, 0.2) is 51.9 Å². The van der Waals surface area contributed by atoms with E-state index in [0.29, 0.717) is 5.65 Å². The minimum Gasteiger partial charge on any atom is -0.306 e. The van der Waals surface area contributed by atoms with E-state index in [9.17, 15) is 4.79 Å². The molecule has 0 aliphatic rings. The molecule has 1 N–H and O–H groups in total. The fraction of sp³-hybridized carbons (Fsp3) is 0. The average Bonchev–Trinajstić information content (AvgIpc) is 2.72. The van der Waals surface area contributed by atoms with Gasteiger partial charge in [0.2, 0.25) is 0 Å². The van der Waals surface area contributed by atoms with E-state index in [0.717, 1.165) is 15.7 Å². The highest BCUT2D eigenvalue weighted by atomic mass is 79.9. The van der Waals surface area contributed by atoms with Crippen molar-refractivity contribution in [2.45, 2.75) is 0 Å². The van der Waals surface area contributed by atoms with Crippen LogP contribution in [0.1, 0.15) is 0 Å². The quantitative estimate of drug-likeness (QED) is 0.748. The van der Waals surface area contributed by atoms with Crippen molar-refractivity contribution in [3.63, 3.8) is 0 Å². The highest BCUT2D eigenvalue weighted by Crippen LogP contribution is 2.21. The number of nitrogens with one attached hydrogen (secondary N) is 1. The number of H-pyrrole nitrogens is 1. The van der Waals surface area contributed by atoms with Crippen LogP contribution in [0.2, 0.25) is 0 Å². The first-order valence-electron chi connectivity index (χ1n) is 5.08. The lowest BCUT2D eigenvalue weighted by molar-refractivity contribution is 0.939. The number of aromatic nitrogens is 3. The maximum absolute atomic E-state index is 11.6. The molecule has 4 nitrogen and oxygen atoms in total. The Morgan fingerprint density at radius 3 is 2.76 bits per heavy atom. The molecule has 5 heteroatoms. The summed E-state index contributed by atoms with van der Waals surface area (Å²) in [5, 5.41) is 4.24. The molecule has 0 radical (unpaired) electrons. The zero-order valence-corrected chi connectivity index (χ0v) is 10.3. The van der Waals surface area contributed by atoms with E-state index in [2.05, 4.69) is 26.0 Å². The van der Waals surface area contributed by atoms with Crippen LogP contribution in [0.25, 0.3) is 16.9 Å². The predicted molar refractivity (Wildman–Crippen MR) is 68.9 cm³/mol. The molecule has 0 fully saturated rings. The molecule has 84 valence electrons. The minimum absolute atomic E-state index is 0.141. The van der Waals surface area contributed by atoms with Gasteiger partial charge in [-0.25, -0.2) is 4.52 Å². The summed E-state index contributed by atoms with van der Waals surface area (Å²) in [5.74, 6) is 0. The molecular formula is C12H8BrN3O. The van der Waals surface area contributed by atoms with Crippen LogP contribution in [0.5, 0.6) is 0 Å². The van der Waals surface area contributed by atoms with Crippen molar-refractivity contribution in [3.8, 4) is 11.3 Å². The Morgan fingerprint density at radius 1 is 1.24 bits per heavy atom. The Balaban J connectivity index is 2.40. The van der Waals surface area contributed by atoms with Crippen molar-refractivity contribution in [2.75, 3.05) is 0 Å². The number of hydrogen-bond acceptors (Lipinski definition) is 2. The van der Waals surface area contributed by atoms with Gasteiger partial charge in [-0.1, -0.05) is 30.3 Å². The monoisotopic (exact) mass is 289 g/mol. The van der Waals surface area contributed by atoms with Crippen LogP contribution in [0.4, 0.5) is 0 Å². The van der Waals surface area contributed by atoms with Gasteiger partial charge in [0.15, 0.2) is 5.65 Å². The van der Waals surface area contributed by atoms with Gasteiger partial charge in [-0.2, -0.15) is 5.10 Å². The van der Waals surface area contributed by atoms with Crippen molar-refractivity contribution in [3.05, 3.63) is 57.4 Å². The number of halogens is 1. The second-order valence-electron chi connectivity index (χ2n) is 3.64. The lowest BCUT2D eigenvalue weighted by Crippen LogP contribution is -2.09. The molecule has 17 heavy (non-hydrogen) atoms. The molecule has 0 aliphatic carbocycles. The van der Waals surface area contributed by atoms with E-state index >= 15 is 0 Å². The summed E-state index contributed by atoms with van der Waals surface area (Å²) in [6.45, 7) is 0. The zero-order chi connectivity index (χ0) is 11.8. The standard InChI is InChI=1S/C12H8BrN3O/c13-9-7-14-16-10(6-11(17)15-12(9)16)8-4-2-1-3-5-8/h1-7H,(H,15,17). The van der Waals surface area contributed by atoms with Gasteiger partial charge in [0.1, 0.15) is 0 Å². The van der Waals surface area contributed by atoms with Crippen LogP contribution in [0.3, 0.4) is 0 Å². The van der Waals surface area contributed by atoms with E-state index < -0.39 is 0 Å². The summed E-state index contributed by atoms with van der Waals surface area (Å²) >= 11 is 3.35. The average molecular weight is 290 g/mol. The summed E-state index contributed by atoms with van der Waals surface area (Å²) in [7, 11) is 0. The number of hydrogen-bond donors (Lipinski definition) is 1. The van der Waals surface area contributed by atoms with Gasteiger partial charge in [0.25, 0.3) is 5.56 Å². The highest BCUT2D eigenvalue weighted by Gasteiger charge is 2.08. The number of rotatable bonds is 1. The van der Waals surface area contributed by atoms with E-state index in [1.54, 1.807) is 16.8 Å². The maximum Gasteiger partial charge on any atom is 0.251 e. The van der Waals surface area contributed by atoms with Crippen LogP contribution in [0, 0.1) is 0 Å². The minimum atomic E-state index is -0.141. The van der Waals surface area contributed by atoms with Gasteiger partial charge in [0, 0.05) is 11.6 Å². The van der Waals surface area contributed by atoms with Gasteiger partial charge < -0.3 is 4.98 Å². The topological polar surface area (TPSA) is 50.2 Å². The fourth-order valence-electron chi connectivity index (χ4n) is 1.78. The molecule has 3 aromatic rings. The summed E-state index contributed by atoms with van der Waals surface area (Å²) in [6.07, 6.45) is 1.66. The van der Waals surface area contributed by atoms with Crippen LogP contribution in [-0.2, 0) is 0 Å². The van der Waals surface area contributed by atoms with E-state index in [-0.39, 0.29) is 5.56 Å². The molecule has 0 atom stereocenters. The Hall–Kier alpha value is -1.88. The summed E-state index contributed by atoms with van der Waals surface area (Å²) in [4.78, 5) is 14.4. The van der Waals surface area contributed by atoms with Crippen molar-refractivity contribution in [1.82, 2.24) is 14.6 Å². The third-order valence-corrected chi connectivity index (χ3v) is 3.11. The molecule has 0 saturated heterocycles. The fourth-order valence-corrected chi connectivity index (χ4v) is 2.14. The van der Waals surface area contributed by atoms with Gasteiger partial charge in [-0.05, 0) is 15.9 Å². The van der Waals surface area contributed by atoms with Crippen molar-refractivity contribution >= 4 is 21.6 Å². The van der Waals surface area contributed by atoms with Crippen molar-refractivity contribution in [2.24, 2.45) is 0 Å². The summed E-state index contributed by atoms with van der Waals surface area (Å²) < 4.78 is 2.48. The molecule has 1 aromatic carbocycles. The second-order valence-corrected chi connectivity index (χ2v) is 4.49. The Bertz CT molecular complexity index is 730. The Labute approximate surface area is 105 Å². The highest BCUT2D eigenvalue weighted by molar-refractivity contribution is 9.10. The first-order chi connectivity index (χ1) is 8.25. The number of nitrogens with zero attached hydrogens (tertiary/aromatic N) is 2. The SMILES string of the molecule is O=c1cc(-c2ccccc2)n2ncc(Br)c2[nH]1. The van der Waals surface area contributed by atoms with E-state index in [1.165, 1.54) is 0 Å². The lowest BCUT2D eigenvalue weighted by atomic mass is 10.1. The van der Waals surface area contributed by atoms with Gasteiger partial charge in [-0.3, -0.25) is 4.79 Å². The molecule has 3 rings (SSSR count). The Morgan fingerprint density at radius 2 is 2.00 bits per heavy atom. The molecule has 0 spiro atoms. The third-order valence-electron chi connectivity index (χ3n) is 2.53. The smallest absolute Gasteiger partial charge is 0.251 e. The molecule has 2 aromatic heterocycles. The predicted octanol–water partition coefficient (Wildman–Crippen LogP) is 2.45. The number of fused-ring (bicyclic) bond motifs is 1.